The molecule has 0 bridgehead atoms. The molecule has 14 heavy (non-hydrogen) atoms. The molecule has 0 unspecified atom stereocenters. The van der Waals surface area contributed by atoms with Crippen LogP contribution in [0.3, 0.4) is 0 Å². The molecule has 0 aliphatic heterocycles. The molecule has 5 aliphatic rings. The van der Waals surface area contributed by atoms with Crippen LogP contribution < -0.4 is 0 Å². The number of hydrogen-bond acceptors (Lipinski definition) is 0. The van der Waals surface area contributed by atoms with Crippen molar-refractivity contribution in [2.45, 2.75) is 0 Å². The zero-order valence-electron chi connectivity index (χ0n) is 7.93. The van der Waals surface area contributed by atoms with Crippen LogP contribution in [0.2, 0.25) is 0 Å². The lowest BCUT2D eigenvalue weighted by Crippen LogP contribution is -2.68. The summed E-state index contributed by atoms with van der Waals surface area (Å²) in [6.45, 7) is 0. The molecule has 1 fully saturated rings. The van der Waals surface area contributed by atoms with E-state index in [1.807, 2.05) is 0 Å². The summed E-state index contributed by atoms with van der Waals surface area (Å²) in [6.07, 6.45) is 19.6. The van der Waals surface area contributed by atoms with Crippen LogP contribution in [-0.4, -0.2) is 0 Å². The second-order valence-electron chi connectivity index (χ2n) is 5.46. The fraction of sp³-hybridized carbons (Fsp3) is 0.429. The van der Waals surface area contributed by atoms with E-state index in [2.05, 4.69) is 48.6 Å². The van der Waals surface area contributed by atoms with Gasteiger partial charge in [-0.05, 0) is 11.8 Å². The van der Waals surface area contributed by atoms with Gasteiger partial charge in [-0.25, -0.2) is 0 Å². The van der Waals surface area contributed by atoms with Crippen LogP contribution in [0.15, 0.2) is 48.6 Å². The zero-order chi connectivity index (χ0) is 8.97. The van der Waals surface area contributed by atoms with E-state index >= 15 is 0 Å². The Kier molecular flexibility index (Phi) is 0.690. The number of rotatable bonds is 0. The van der Waals surface area contributed by atoms with Gasteiger partial charge in [0.05, 0.1) is 0 Å². The molecule has 0 N–H and O–H groups in total. The number of allylic oxidation sites excluding steroid dienone is 8. The molecule has 68 valence electrons. The summed E-state index contributed by atoms with van der Waals surface area (Å²) in [6, 6.07) is 0. The van der Waals surface area contributed by atoms with E-state index in [9.17, 15) is 0 Å². The maximum atomic E-state index is 2.50. The van der Waals surface area contributed by atoms with Crippen LogP contribution >= 0.6 is 0 Å². The second-order valence-corrected chi connectivity index (χ2v) is 5.46. The Labute approximate surface area is 83.7 Å². The van der Waals surface area contributed by atoms with Crippen molar-refractivity contribution in [3.05, 3.63) is 48.6 Å². The Hall–Kier alpha value is -1.04. The normalized spacial score (nSPS) is 67.4. The Morgan fingerprint density at radius 3 is 1.43 bits per heavy atom. The maximum absolute atomic E-state index is 2.50. The first-order valence-electron chi connectivity index (χ1n) is 5.65. The highest BCUT2D eigenvalue weighted by Gasteiger charge is 2.78. The lowest BCUT2D eigenvalue weighted by molar-refractivity contribution is -0.138. The van der Waals surface area contributed by atoms with Crippen LogP contribution in [0, 0.1) is 34.5 Å². The summed E-state index contributed by atoms with van der Waals surface area (Å²) < 4.78 is 0. The summed E-state index contributed by atoms with van der Waals surface area (Å²) in [5.74, 6) is 3.17. The number of fused-ring (bicyclic) bond motifs is 1. The van der Waals surface area contributed by atoms with Crippen LogP contribution in [-0.2, 0) is 0 Å². The minimum Gasteiger partial charge on any atom is -0.0832 e. The molecule has 0 heterocycles. The minimum absolute atomic E-state index is 0.528. The lowest BCUT2D eigenvalue weighted by atomic mass is 9.30. The van der Waals surface area contributed by atoms with E-state index in [1.54, 1.807) is 0 Å². The van der Waals surface area contributed by atoms with E-state index in [-0.39, 0.29) is 0 Å². The van der Waals surface area contributed by atoms with Crippen molar-refractivity contribution >= 4 is 0 Å². The average molecular weight is 180 g/mol. The predicted molar refractivity (Wildman–Crippen MR) is 55.4 cm³/mol. The van der Waals surface area contributed by atoms with Gasteiger partial charge in [-0.3, -0.25) is 0 Å². The first-order valence-corrected chi connectivity index (χ1v) is 5.65. The average Bonchev–Trinajstić information content (AvgIpc) is 2.42. The highest BCUT2D eigenvalue weighted by molar-refractivity contribution is 5.55. The topological polar surface area (TPSA) is 0 Å². The third-order valence-electron chi connectivity index (χ3n) is 5.55. The molecule has 0 radical (unpaired) electrons. The highest BCUT2D eigenvalue weighted by Crippen LogP contribution is 2.82. The van der Waals surface area contributed by atoms with Gasteiger partial charge in [0.2, 0.25) is 0 Å². The lowest BCUT2D eigenvalue weighted by Gasteiger charge is -2.71. The smallest absolute Gasteiger partial charge is 0.0153 e. The van der Waals surface area contributed by atoms with E-state index < -0.39 is 0 Å². The van der Waals surface area contributed by atoms with Crippen molar-refractivity contribution < 1.29 is 0 Å². The summed E-state index contributed by atoms with van der Waals surface area (Å²) >= 11 is 0. The van der Waals surface area contributed by atoms with Gasteiger partial charge in [-0.2, -0.15) is 0 Å². The SMILES string of the molecule is C1=C[C@H]2[C@H]3C=C[C@@H]4C=C[C@@]43[C@]23C=C[C@H]13. The van der Waals surface area contributed by atoms with Crippen molar-refractivity contribution in [1.82, 2.24) is 0 Å². The van der Waals surface area contributed by atoms with E-state index in [4.69, 9.17) is 0 Å². The van der Waals surface area contributed by atoms with E-state index in [0.717, 1.165) is 23.7 Å². The summed E-state index contributed by atoms with van der Waals surface area (Å²) in [5, 5.41) is 0. The Bertz CT molecular complexity index is 420. The first kappa shape index (κ1) is 6.44. The van der Waals surface area contributed by atoms with Gasteiger partial charge in [0.15, 0.2) is 0 Å². The van der Waals surface area contributed by atoms with Crippen molar-refractivity contribution in [2.75, 3.05) is 0 Å². The zero-order valence-corrected chi connectivity index (χ0v) is 7.93. The van der Waals surface area contributed by atoms with Gasteiger partial charge < -0.3 is 0 Å². The molecule has 0 aromatic carbocycles. The molecule has 2 spiro atoms. The monoisotopic (exact) mass is 180 g/mol. The molecule has 0 amide bonds. The fourth-order valence-corrected chi connectivity index (χ4v) is 4.92. The Morgan fingerprint density at radius 2 is 1.07 bits per heavy atom. The fourth-order valence-electron chi connectivity index (χ4n) is 4.92. The summed E-state index contributed by atoms with van der Waals surface area (Å²) in [4.78, 5) is 0. The highest BCUT2D eigenvalue weighted by atomic mass is 14.8. The molecule has 0 nitrogen and oxygen atoms in total. The van der Waals surface area contributed by atoms with Crippen LogP contribution in [0.4, 0.5) is 0 Å². The number of hydrogen-bond donors (Lipinski definition) is 0. The molecule has 5 rings (SSSR count). The van der Waals surface area contributed by atoms with Gasteiger partial charge in [0.25, 0.3) is 0 Å². The molecular weight excluding hydrogens is 168 g/mol. The van der Waals surface area contributed by atoms with Crippen LogP contribution in [0.5, 0.6) is 0 Å². The third kappa shape index (κ3) is 0.324. The van der Waals surface area contributed by atoms with Gasteiger partial charge in [-0.15, -0.1) is 0 Å². The second kappa shape index (κ2) is 1.50. The van der Waals surface area contributed by atoms with Gasteiger partial charge in [0.1, 0.15) is 0 Å². The van der Waals surface area contributed by atoms with Gasteiger partial charge in [0, 0.05) is 22.7 Å². The van der Waals surface area contributed by atoms with E-state index in [0.29, 0.717) is 10.8 Å². The largest absolute Gasteiger partial charge is 0.0832 e. The quantitative estimate of drug-likeness (QED) is 0.503. The molecular formula is C14H12. The third-order valence-corrected chi connectivity index (χ3v) is 5.55. The summed E-state index contributed by atoms with van der Waals surface area (Å²) in [5.41, 5.74) is 1.06. The molecule has 5 aliphatic carbocycles. The standard InChI is InChI=1S/C14H12/c1-3-11-12-4-2-10-6-8-14(10,12)13(11)7-5-9(1)13/h1-12H/t9-,10+,11-,12+,13-,14+. The Balaban J connectivity index is 1.81. The van der Waals surface area contributed by atoms with Crippen LogP contribution in [0.25, 0.3) is 0 Å². The van der Waals surface area contributed by atoms with Crippen LogP contribution in [0.1, 0.15) is 0 Å². The molecule has 0 heteroatoms. The molecule has 0 saturated heterocycles. The molecule has 0 aromatic heterocycles. The minimum atomic E-state index is 0.528. The summed E-state index contributed by atoms with van der Waals surface area (Å²) in [7, 11) is 0. The van der Waals surface area contributed by atoms with Crippen molar-refractivity contribution in [3.8, 4) is 0 Å². The molecule has 1 saturated carbocycles. The first-order chi connectivity index (χ1) is 6.89. The van der Waals surface area contributed by atoms with Crippen molar-refractivity contribution in [2.24, 2.45) is 34.5 Å². The molecule has 6 atom stereocenters. The van der Waals surface area contributed by atoms with Gasteiger partial charge >= 0.3 is 0 Å². The van der Waals surface area contributed by atoms with Gasteiger partial charge in [-0.1, -0.05) is 48.6 Å². The molecule has 0 aromatic rings. The van der Waals surface area contributed by atoms with E-state index in [1.165, 1.54) is 0 Å². The van der Waals surface area contributed by atoms with Crippen molar-refractivity contribution in [1.29, 1.82) is 0 Å². The predicted octanol–water partition coefficient (Wildman–Crippen LogP) is 2.72. The maximum Gasteiger partial charge on any atom is 0.0153 e. The Morgan fingerprint density at radius 1 is 0.571 bits per heavy atom. The van der Waals surface area contributed by atoms with Crippen molar-refractivity contribution in [3.63, 3.8) is 0 Å².